The SMILES string of the molecule is O=C(C1CC(c2cccc3ccccc23)NN1)N1CCC(Cc2ccccc2)CC1. The number of hydrogen-bond acceptors (Lipinski definition) is 3. The molecule has 3 aromatic rings. The molecule has 0 radical (unpaired) electrons. The predicted octanol–water partition coefficient (Wildman–Crippen LogP) is 4.23. The zero-order valence-corrected chi connectivity index (χ0v) is 17.3. The van der Waals surface area contributed by atoms with E-state index in [0.29, 0.717) is 5.92 Å². The average molecular weight is 400 g/mol. The van der Waals surface area contributed by atoms with E-state index >= 15 is 0 Å². The van der Waals surface area contributed by atoms with Crippen LogP contribution in [-0.4, -0.2) is 29.9 Å². The molecule has 3 aromatic carbocycles. The van der Waals surface area contributed by atoms with E-state index in [1.807, 2.05) is 0 Å². The highest BCUT2D eigenvalue weighted by Gasteiger charge is 2.34. The van der Waals surface area contributed by atoms with E-state index in [2.05, 4.69) is 88.5 Å². The summed E-state index contributed by atoms with van der Waals surface area (Å²) in [5, 5.41) is 2.50. The van der Waals surface area contributed by atoms with Crippen LogP contribution in [0.3, 0.4) is 0 Å². The summed E-state index contributed by atoms with van der Waals surface area (Å²) < 4.78 is 0. The van der Waals surface area contributed by atoms with Gasteiger partial charge >= 0.3 is 0 Å². The Bertz CT molecular complexity index is 1010. The van der Waals surface area contributed by atoms with Gasteiger partial charge in [0.15, 0.2) is 0 Å². The standard InChI is InChI=1S/C26H29N3O/c30-26(29-15-13-20(14-16-29)17-19-7-2-1-3-8-19)25-18-24(27-28-25)23-12-6-10-21-9-4-5-11-22(21)23/h1-12,20,24-25,27-28H,13-18H2. The average Bonchev–Trinajstić information content (AvgIpc) is 3.29. The number of carbonyl (C=O) groups excluding carboxylic acids is 1. The van der Waals surface area contributed by atoms with Crippen LogP contribution in [0.15, 0.2) is 72.8 Å². The molecule has 4 heteroatoms. The number of hydrazine groups is 1. The maximum atomic E-state index is 13.1. The summed E-state index contributed by atoms with van der Waals surface area (Å²) in [6.45, 7) is 1.74. The van der Waals surface area contributed by atoms with Gasteiger partial charge in [0.1, 0.15) is 6.04 Å². The first-order valence-corrected chi connectivity index (χ1v) is 11.1. The molecule has 2 aliphatic rings. The van der Waals surface area contributed by atoms with Crippen molar-refractivity contribution in [1.29, 1.82) is 0 Å². The predicted molar refractivity (Wildman–Crippen MR) is 121 cm³/mol. The summed E-state index contributed by atoms with van der Waals surface area (Å²) in [5.74, 6) is 0.915. The van der Waals surface area contributed by atoms with Gasteiger partial charge in [0.05, 0.1) is 0 Å². The fourth-order valence-corrected chi connectivity index (χ4v) is 5.00. The smallest absolute Gasteiger partial charge is 0.241 e. The van der Waals surface area contributed by atoms with E-state index in [1.54, 1.807) is 0 Å². The summed E-state index contributed by atoms with van der Waals surface area (Å²) in [5.41, 5.74) is 9.32. The van der Waals surface area contributed by atoms with Gasteiger partial charge < -0.3 is 4.90 Å². The number of hydrogen-bond donors (Lipinski definition) is 2. The number of nitrogens with zero attached hydrogens (tertiary/aromatic N) is 1. The molecule has 2 saturated heterocycles. The molecule has 2 unspecified atom stereocenters. The minimum atomic E-state index is -0.153. The van der Waals surface area contributed by atoms with Crippen molar-refractivity contribution in [2.75, 3.05) is 13.1 Å². The highest BCUT2D eigenvalue weighted by Crippen LogP contribution is 2.30. The normalized spacial score (nSPS) is 22.5. The van der Waals surface area contributed by atoms with Gasteiger partial charge in [0.2, 0.25) is 5.91 Å². The second-order valence-corrected chi connectivity index (χ2v) is 8.66. The fourth-order valence-electron chi connectivity index (χ4n) is 5.00. The molecule has 5 rings (SSSR count). The van der Waals surface area contributed by atoms with Crippen LogP contribution in [0, 0.1) is 5.92 Å². The van der Waals surface area contributed by atoms with Crippen LogP contribution < -0.4 is 10.9 Å². The van der Waals surface area contributed by atoms with E-state index in [-0.39, 0.29) is 18.0 Å². The van der Waals surface area contributed by atoms with Gasteiger partial charge in [-0.3, -0.25) is 4.79 Å². The third-order valence-corrected chi connectivity index (χ3v) is 6.69. The molecule has 2 heterocycles. The largest absolute Gasteiger partial charge is 0.341 e. The number of likely N-dealkylation sites (tertiary alicyclic amines) is 1. The number of rotatable bonds is 4. The molecule has 1 amide bonds. The van der Waals surface area contributed by atoms with Gasteiger partial charge in [-0.15, -0.1) is 0 Å². The summed E-state index contributed by atoms with van der Waals surface area (Å²) in [6.07, 6.45) is 4.09. The monoisotopic (exact) mass is 399 g/mol. The summed E-state index contributed by atoms with van der Waals surface area (Å²) in [4.78, 5) is 15.2. The summed E-state index contributed by atoms with van der Waals surface area (Å²) in [6, 6.07) is 25.6. The van der Waals surface area contributed by atoms with Crippen LogP contribution in [0.25, 0.3) is 10.8 Å². The third-order valence-electron chi connectivity index (χ3n) is 6.69. The fraction of sp³-hybridized carbons (Fsp3) is 0.346. The summed E-state index contributed by atoms with van der Waals surface area (Å²) in [7, 11) is 0. The number of amides is 1. The van der Waals surface area contributed by atoms with Crippen LogP contribution in [0.1, 0.15) is 36.4 Å². The molecule has 4 nitrogen and oxygen atoms in total. The van der Waals surface area contributed by atoms with Gasteiger partial charge in [-0.2, -0.15) is 0 Å². The van der Waals surface area contributed by atoms with Gasteiger partial charge in [0.25, 0.3) is 0 Å². The Labute approximate surface area is 178 Å². The van der Waals surface area contributed by atoms with Gasteiger partial charge in [-0.05, 0) is 53.5 Å². The maximum Gasteiger partial charge on any atom is 0.241 e. The number of benzene rings is 3. The van der Waals surface area contributed by atoms with Gasteiger partial charge in [-0.25, -0.2) is 10.9 Å². The highest BCUT2D eigenvalue weighted by molar-refractivity contribution is 5.87. The zero-order chi connectivity index (χ0) is 20.3. The van der Waals surface area contributed by atoms with Crippen molar-refractivity contribution in [3.8, 4) is 0 Å². The van der Waals surface area contributed by atoms with E-state index in [4.69, 9.17) is 0 Å². The lowest BCUT2D eigenvalue weighted by atomic mass is 9.89. The second-order valence-electron chi connectivity index (χ2n) is 8.66. The lowest BCUT2D eigenvalue weighted by molar-refractivity contribution is -0.134. The Hall–Kier alpha value is -2.69. The molecule has 154 valence electrons. The van der Waals surface area contributed by atoms with Crippen molar-refractivity contribution in [3.05, 3.63) is 83.9 Å². The molecule has 0 aromatic heterocycles. The quantitative estimate of drug-likeness (QED) is 0.690. The summed E-state index contributed by atoms with van der Waals surface area (Å²) >= 11 is 0. The van der Waals surface area contributed by atoms with E-state index < -0.39 is 0 Å². The number of carbonyl (C=O) groups is 1. The van der Waals surface area contributed by atoms with Gasteiger partial charge in [0, 0.05) is 19.1 Å². The Balaban J connectivity index is 1.19. The van der Waals surface area contributed by atoms with Crippen molar-refractivity contribution in [1.82, 2.24) is 15.8 Å². The van der Waals surface area contributed by atoms with E-state index in [0.717, 1.165) is 38.8 Å². The van der Waals surface area contributed by atoms with Crippen LogP contribution in [-0.2, 0) is 11.2 Å². The minimum Gasteiger partial charge on any atom is -0.341 e. The first-order valence-electron chi connectivity index (χ1n) is 11.1. The van der Waals surface area contributed by atoms with Gasteiger partial charge in [-0.1, -0.05) is 72.8 Å². The molecule has 2 N–H and O–H groups in total. The molecule has 0 saturated carbocycles. The first kappa shape index (κ1) is 19.3. The number of nitrogens with one attached hydrogen (secondary N) is 2. The molecule has 0 bridgehead atoms. The molecule has 2 aliphatic heterocycles. The topological polar surface area (TPSA) is 44.4 Å². The Kier molecular flexibility index (Phi) is 5.52. The lowest BCUT2D eigenvalue weighted by Gasteiger charge is -2.33. The van der Waals surface area contributed by atoms with Crippen LogP contribution in [0.5, 0.6) is 0 Å². The van der Waals surface area contributed by atoms with Crippen molar-refractivity contribution in [2.24, 2.45) is 5.92 Å². The highest BCUT2D eigenvalue weighted by atomic mass is 16.2. The molecule has 2 atom stereocenters. The second kappa shape index (κ2) is 8.58. The maximum absolute atomic E-state index is 13.1. The van der Waals surface area contributed by atoms with E-state index in [1.165, 1.54) is 21.9 Å². The molecular weight excluding hydrogens is 370 g/mol. The number of piperidine rings is 1. The van der Waals surface area contributed by atoms with Crippen LogP contribution in [0.4, 0.5) is 0 Å². The first-order chi connectivity index (χ1) is 14.8. The van der Waals surface area contributed by atoms with Crippen LogP contribution in [0.2, 0.25) is 0 Å². The van der Waals surface area contributed by atoms with Crippen molar-refractivity contribution in [3.63, 3.8) is 0 Å². The third kappa shape index (κ3) is 3.98. The van der Waals surface area contributed by atoms with Crippen LogP contribution >= 0.6 is 0 Å². The van der Waals surface area contributed by atoms with Crippen molar-refractivity contribution in [2.45, 2.75) is 37.8 Å². The number of fused-ring (bicyclic) bond motifs is 1. The van der Waals surface area contributed by atoms with Crippen molar-refractivity contribution < 1.29 is 4.79 Å². The van der Waals surface area contributed by atoms with E-state index in [9.17, 15) is 4.79 Å². The Morgan fingerprint density at radius 1 is 0.867 bits per heavy atom. The van der Waals surface area contributed by atoms with Crippen molar-refractivity contribution >= 4 is 16.7 Å². The minimum absolute atomic E-state index is 0.153. The molecular formula is C26H29N3O. The molecule has 0 spiro atoms. The molecule has 30 heavy (non-hydrogen) atoms. The molecule has 0 aliphatic carbocycles. The Morgan fingerprint density at radius 2 is 1.60 bits per heavy atom. The Morgan fingerprint density at radius 3 is 2.43 bits per heavy atom. The molecule has 2 fully saturated rings. The zero-order valence-electron chi connectivity index (χ0n) is 17.3. The lowest BCUT2D eigenvalue weighted by Crippen LogP contribution is -2.48.